The van der Waals surface area contributed by atoms with Crippen LogP contribution in [-0.4, -0.2) is 19.3 Å². The maximum Gasteiger partial charge on any atom is 0.313 e. The maximum absolute atomic E-state index is 11.0. The molecule has 8 nitrogen and oxygen atoms in total. The van der Waals surface area contributed by atoms with E-state index in [2.05, 4.69) is 9.97 Å². The number of imidazole rings is 1. The standard InChI is InChI=1S/C12H8ClN5O3/c13-7-1-2-9(8(5-7)18(19)20)21-12-11-15-3-4-17(11)6-10(14)16-12/h1-6H,14H2. The third-order valence-corrected chi connectivity index (χ3v) is 2.92. The Labute approximate surface area is 122 Å². The van der Waals surface area contributed by atoms with E-state index in [-0.39, 0.29) is 28.2 Å². The number of nitrogens with zero attached hydrogens (tertiary/aromatic N) is 4. The summed E-state index contributed by atoms with van der Waals surface area (Å²) in [6.07, 6.45) is 4.77. The third kappa shape index (κ3) is 2.43. The summed E-state index contributed by atoms with van der Waals surface area (Å²) in [6, 6.07) is 4.08. The Morgan fingerprint density at radius 3 is 3.00 bits per heavy atom. The van der Waals surface area contributed by atoms with Crippen molar-refractivity contribution in [3.05, 3.63) is 51.9 Å². The van der Waals surface area contributed by atoms with Crippen molar-refractivity contribution in [3.8, 4) is 11.6 Å². The number of fused-ring (bicyclic) bond motifs is 1. The number of rotatable bonds is 3. The molecule has 106 valence electrons. The van der Waals surface area contributed by atoms with Gasteiger partial charge in [-0.05, 0) is 12.1 Å². The first-order valence-corrected chi connectivity index (χ1v) is 6.13. The summed E-state index contributed by atoms with van der Waals surface area (Å²) in [5.74, 6) is 0.282. The first-order valence-electron chi connectivity index (χ1n) is 5.75. The molecule has 0 bridgehead atoms. The van der Waals surface area contributed by atoms with Crippen LogP contribution in [0.5, 0.6) is 11.6 Å². The molecule has 1 aromatic carbocycles. The van der Waals surface area contributed by atoms with Crippen LogP contribution in [0.1, 0.15) is 0 Å². The van der Waals surface area contributed by atoms with Gasteiger partial charge in [-0.15, -0.1) is 0 Å². The number of nitro groups is 1. The number of anilines is 1. The first kappa shape index (κ1) is 13.1. The molecule has 0 atom stereocenters. The molecule has 0 saturated heterocycles. The van der Waals surface area contributed by atoms with Gasteiger partial charge >= 0.3 is 5.69 Å². The van der Waals surface area contributed by atoms with Crippen molar-refractivity contribution in [1.29, 1.82) is 0 Å². The smallest absolute Gasteiger partial charge is 0.313 e. The molecule has 2 N–H and O–H groups in total. The van der Waals surface area contributed by atoms with Crippen molar-refractivity contribution < 1.29 is 9.66 Å². The fourth-order valence-electron chi connectivity index (χ4n) is 1.81. The Hall–Kier alpha value is -2.87. The lowest BCUT2D eigenvalue weighted by Crippen LogP contribution is -2.00. The van der Waals surface area contributed by atoms with Gasteiger partial charge in [0.15, 0.2) is 0 Å². The van der Waals surface area contributed by atoms with E-state index in [0.29, 0.717) is 5.65 Å². The molecule has 0 radical (unpaired) electrons. The summed E-state index contributed by atoms with van der Waals surface area (Å²) in [5.41, 5.74) is 5.79. The summed E-state index contributed by atoms with van der Waals surface area (Å²) in [7, 11) is 0. The number of nitro benzene ring substituents is 1. The van der Waals surface area contributed by atoms with Gasteiger partial charge in [0.2, 0.25) is 11.4 Å². The van der Waals surface area contributed by atoms with Crippen LogP contribution in [0.2, 0.25) is 5.02 Å². The summed E-state index contributed by atoms with van der Waals surface area (Å²) in [5, 5.41) is 11.3. The molecule has 0 saturated carbocycles. The molecule has 0 amide bonds. The zero-order valence-corrected chi connectivity index (χ0v) is 11.2. The van der Waals surface area contributed by atoms with Crippen LogP contribution in [0.15, 0.2) is 36.8 Å². The van der Waals surface area contributed by atoms with Crippen LogP contribution in [0.3, 0.4) is 0 Å². The monoisotopic (exact) mass is 305 g/mol. The van der Waals surface area contributed by atoms with Crippen molar-refractivity contribution in [3.63, 3.8) is 0 Å². The Kier molecular flexibility index (Phi) is 3.07. The molecule has 2 heterocycles. The number of hydrogen-bond donors (Lipinski definition) is 1. The fourth-order valence-corrected chi connectivity index (χ4v) is 1.98. The van der Waals surface area contributed by atoms with Gasteiger partial charge < -0.3 is 10.5 Å². The van der Waals surface area contributed by atoms with Crippen molar-refractivity contribution in [2.24, 2.45) is 0 Å². The highest BCUT2D eigenvalue weighted by Gasteiger charge is 2.19. The fraction of sp³-hybridized carbons (Fsp3) is 0. The highest BCUT2D eigenvalue weighted by atomic mass is 35.5. The minimum Gasteiger partial charge on any atom is -0.428 e. The van der Waals surface area contributed by atoms with Crippen LogP contribution in [0, 0.1) is 10.1 Å². The molecular weight excluding hydrogens is 298 g/mol. The van der Waals surface area contributed by atoms with E-state index in [1.807, 2.05) is 0 Å². The minimum atomic E-state index is -0.587. The van der Waals surface area contributed by atoms with Gasteiger partial charge in [-0.3, -0.25) is 14.5 Å². The number of benzene rings is 1. The third-order valence-electron chi connectivity index (χ3n) is 2.69. The number of halogens is 1. The molecule has 0 aliphatic rings. The Morgan fingerprint density at radius 2 is 2.24 bits per heavy atom. The molecule has 0 aliphatic carbocycles. The van der Waals surface area contributed by atoms with Gasteiger partial charge in [0.25, 0.3) is 5.88 Å². The van der Waals surface area contributed by atoms with Crippen molar-refractivity contribution >= 4 is 28.8 Å². The second-order valence-electron chi connectivity index (χ2n) is 4.10. The van der Waals surface area contributed by atoms with Crippen LogP contribution < -0.4 is 10.5 Å². The highest BCUT2D eigenvalue weighted by molar-refractivity contribution is 6.30. The predicted molar refractivity (Wildman–Crippen MR) is 75.6 cm³/mol. The van der Waals surface area contributed by atoms with E-state index in [4.69, 9.17) is 22.1 Å². The molecule has 3 rings (SSSR count). The molecule has 9 heteroatoms. The second kappa shape index (κ2) is 4.91. The SMILES string of the molecule is Nc1cn2ccnc2c(Oc2ccc(Cl)cc2[N+](=O)[O-])n1. The van der Waals surface area contributed by atoms with Crippen LogP contribution >= 0.6 is 11.6 Å². The summed E-state index contributed by atoms with van der Waals surface area (Å²) < 4.78 is 7.11. The quantitative estimate of drug-likeness (QED) is 0.588. The van der Waals surface area contributed by atoms with E-state index in [1.165, 1.54) is 18.2 Å². The normalized spacial score (nSPS) is 10.7. The number of hydrogen-bond acceptors (Lipinski definition) is 6. The van der Waals surface area contributed by atoms with Crippen molar-refractivity contribution in [2.45, 2.75) is 0 Å². The molecular formula is C12H8ClN5O3. The Bertz CT molecular complexity index is 848. The van der Waals surface area contributed by atoms with E-state index in [9.17, 15) is 10.1 Å². The van der Waals surface area contributed by atoms with Crippen LogP contribution in [-0.2, 0) is 0 Å². The zero-order chi connectivity index (χ0) is 15.0. The van der Waals surface area contributed by atoms with Crippen LogP contribution in [0.25, 0.3) is 5.65 Å². The number of ether oxygens (including phenoxy) is 1. The molecule has 2 aromatic heterocycles. The van der Waals surface area contributed by atoms with E-state index >= 15 is 0 Å². The van der Waals surface area contributed by atoms with Gasteiger partial charge in [-0.25, -0.2) is 4.98 Å². The number of aromatic nitrogens is 3. The van der Waals surface area contributed by atoms with E-state index in [0.717, 1.165) is 0 Å². The molecule has 0 unspecified atom stereocenters. The van der Waals surface area contributed by atoms with Crippen LogP contribution in [0.4, 0.5) is 11.5 Å². The predicted octanol–water partition coefficient (Wildman–Crippen LogP) is 2.67. The maximum atomic E-state index is 11.0. The molecule has 0 fully saturated rings. The lowest BCUT2D eigenvalue weighted by molar-refractivity contribution is -0.385. The van der Waals surface area contributed by atoms with E-state index < -0.39 is 4.92 Å². The number of nitrogen functional groups attached to an aromatic ring is 1. The topological polar surface area (TPSA) is 109 Å². The van der Waals surface area contributed by atoms with Gasteiger partial charge in [-0.2, -0.15) is 4.98 Å². The zero-order valence-electron chi connectivity index (χ0n) is 10.4. The highest BCUT2D eigenvalue weighted by Crippen LogP contribution is 2.34. The minimum absolute atomic E-state index is 0.00685. The molecule has 0 spiro atoms. The van der Waals surface area contributed by atoms with Crippen molar-refractivity contribution in [1.82, 2.24) is 14.4 Å². The van der Waals surface area contributed by atoms with Gasteiger partial charge in [0.1, 0.15) is 5.82 Å². The van der Waals surface area contributed by atoms with Gasteiger partial charge in [0, 0.05) is 23.5 Å². The van der Waals surface area contributed by atoms with Gasteiger partial charge in [0.05, 0.1) is 11.1 Å². The summed E-state index contributed by atoms with van der Waals surface area (Å²) in [6.45, 7) is 0. The summed E-state index contributed by atoms with van der Waals surface area (Å²) >= 11 is 5.75. The molecule has 0 aliphatic heterocycles. The first-order chi connectivity index (χ1) is 10.0. The largest absolute Gasteiger partial charge is 0.428 e. The lowest BCUT2D eigenvalue weighted by Gasteiger charge is -2.07. The molecule has 21 heavy (non-hydrogen) atoms. The average Bonchev–Trinajstić information content (AvgIpc) is 2.88. The van der Waals surface area contributed by atoms with Crippen molar-refractivity contribution in [2.75, 3.05) is 5.73 Å². The number of nitrogens with two attached hydrogens (primary N) is 1. The average molecular weight is 306 g/mol. The second-order valence-corrected chi connectivity index (χ2v) is 4.54. The lowest BCUT2D eigenvalue weighted by atomic mass is 10.3. The Balaban J connectivity index is 2.10. The Morgan fingerprint density at radius 1 is 1.43 bits per heavy atom. The summed E-state index contributed by atoms with van der Waals surface area (Å²) in [4.78, 5) is 18.5. The van der Waals surface area contributed by atoms with Gasteiger partial charge in [-0.1, -0.05) is 11.6 Å². The molecule has 3 aromatic rings. The van der Waals surface area contributed by atoms with E-state index in [1.54, 1.807) is 23.0 Å².